The van der Waals surface area contributed by atoms with Crippen molar-refractivity contribution in [3.63, 3.8) is 0 Å². The summed E-state index contributed by atoms with van der Waals surface area (Å²) in [5, 5.41) is 21.9. The van der Waals surface area contributed by atoms with Crippen molar-refractivity contribution >= 4 is 16.5 Å². The lowest BCUT2D eigenvalue weighted by Crippen LogP contribution is -2.46. The second kappa shape index (κ2) is 9.35. The highest BCUT2D eigenvalue weighted by molar-refractivity contribution is 7.14. The van der Waals surface area contributed by atoms with Gasteiger partial charge in [-0.05, 0) is 54.7 Å². The third kappa shape index (κ3) is 4.57. The maximum absolute atomic E-state index is 9.30. The Morgan fingerprint density at radius 3 is 2.60 bits per heavy atom. The molecule has 2 heterocycles. The van der Waals surface area contributed by atoms with Crippen molar-refractivity contribution in [2.45, 2.75) is 57.4 Å². The van der Waals surface area contributed by atoms with E-state index in [9.17, 15) is 10.2 Å². The zero-order chi connectivity index (χ0) is 21.1. The normalized spacial score (nSPS) is 19.3. The van der Waals surface area contributed by atoms with Gasteiger partial charge in [-0.1, -0.05) is 26.0 Å². The maximum Gasteiger partial charge on any atom is 0.185 e. The summed E-state index contributed by atoms with van der Waals surface area (Å²) in [5.41, 5.74) is 5.60. The Kier molecular flexibility index (Phi) is 6.78. The third-order valence-corrected chi connectivity index (χ3v) is 7.80. The average Bonchev–Trinajstić information content (AvgIpc) is 3.24. The summed E-state index contributed by atoms with van der Waals surface area (Å²) in [7, 11) is 0. The summed E-state index contributed by atoms with van der Waals surface area (Å²) in [5.74, 6) is 0. The number of aliphatic hydroxyl groups excluding tert-OH is 2. The quantitative estimate of drug-likeness (QED) is 0.703. The SMILES string of the molecule is CC1(C)CCCc2cc(-c3csc(N4CCC(N(CCO)CCO)CC4)n3)ccc21. The molecular formula is C24H35N3O2S. The van der Waals surface area contributed by atoms with Crippen LogP contribution in [0.25, 0.3) is 11.3 Å². The van der Waals surface area contributed by atoms with Crippen molar-refractivity contribution in [2.75, 3.05) is 44.3 Å². The molecule has 0 atom stereocenters. The number of hydrogen-bond acceptors (Lipinski definition) is 6. The standard InChI is InChI=1S/C24H35N3O2S/c1-24(2)9-3-4-18-16-19(5-6-21(18)24)22-17-30-23(25-22)27-10-7-20(8-11-27)26(12-14-28)13-15-29/h5-6,16-17,20,28-29H,3-4,7-15H2,1-2H3. The monoisotopic (exact) mass is 429 g/mol. The first-order chi connectivity index (χ1) is 14.5. The minimum absolute atomic E-state index is 0.147. The summed E-state index contributed by atoms with van der Waals surface area (Å²) >= 11 is 1.74. The van der Waals surface area contributed by atoms with Crippen molar-refractivity contribution in [3.05, 3.63) is 34.7 Å². The Morgan fingerprint density at radius 1 is 1.17 bits per heavy atom. The van der Waals surface area contributed by atoms with Crippen molar-refractivity contribution in [2.24, 2.45) is 0 Å². The molecule has 5 nitrogen and oxygen atoms in total. The van der Waals surface area contributed by atoms with E-state index in [2.05, 4.69) is 47.2 Å². The molecule has 6 heteroatoms. The molecule has 1 fully saturated rings. The van der Waals surface area contributed by atoms with E-state index in [1.165, 1.54) is 36.0 Å². The zero-order valence-electron chi connectivity index (χ0n) is 18.3. The molecule has 2 aliphatic rings. The van der Waals surface area contributed by atoms with Crippen LogP contribution in [0, 0.1) is 0 Å². The molecule has 164 valence electrons. The number of hydrogen-bond donors (Lipinski definition) is 2. The van der Waals surface area contributed by atoms with Crippen LogP contribution in [0.15, 0.2) is 23.6 Å². The van der Waals surface area contributed by atoms with Crippen LogP contribution < -0.4 is 4.90 Å². The third-order valence-electron chi connectivity index (χ3n) is 6.90. The minimum Gasteiger partial charge on any atom is -0.395 e. The second-order valence-electron chi connectivity index (χ2n) is 9.33. The van der Waals surface area contributed by atoms with E-state index in [4.69, 9.17) is 4.98 Å². The molecule has 0 saturated carbocycles. The van der Waals surface area contributed by atoms with Crippen LogP contribution in [0.2, 0.25) is 0 Å². The summed E-state index contributed by atoms with van der Waals surface area (Å²) in [6, 6.07) is 7.37. The fraction of sp³-hybridized carbons (Fsp3) is 0.625. The van der Waals surface area contributed by atoms with E-state index in [1.807, 2.05) is 0 Å². The van der Waals surface area contributed by atoms with Gasteiger partial charge >= 0.3 is 0 Å². The molecule has 1 aromatic carbocycles. The Morgan fingerprint density at radius 2 is 1.90 bits per heavy atom. The van der Waals surface area contributed by atoms with Crippen LogP contribution in [0.4, 0.5) is 5.13 Å². The number of rotatable bonds is 7. The molecular weight excluding hydrogens is 394 g/mol. The molecule has 1 aliphatic carbocycles. The van der Waals surface area contributed by atoms with E-state index in [-0.39, 0.29) is 18.6 Å². The molecule has 4 rings (SSSR count). The molecule has 0 unspecified atom stereocenters. The molecule has 30 heavy (non-hydrogen) atoms. The summed E-state index contributed by atoms with van der Waals surface area (Å²) < 4.78 is 0. The lowest BCUT2D eigenvalue weighted by Gasteiger charge is -2.38. The highest BCUT2D eigenvalue weighted by Gasteiger charge is 2.28. The lowest BCUT2D eigenvalue weighted by atomic mass is 9.72. The Labute approximate surface area is 184 Å². The van der Waals surface area contributed by atoms with Gasteiger partial charge in [0.05, 0.1) is 18.9 Å². The predicted molar refractivity (Wildman–Crippen MR) is 124 cm³/mol. The van der Waals surface area contributed by atoms with Gasteiger partial charge in [0, 0.05) is 43.2 Å². The van der Waals surface area contributed by atoms with Gasteiger partial charge in [-0.15, -0.1) is 11.3 Å². The summed E-state index contributed by atoms with van der Waals surface area (Å²) in [6.45, 7) is 8.24. The van der Waals surface area contributed by atoms with Gasteiger partial charge in [-0.2, -0.15) is 0 Å². The molecule has 1 aromatic heterocycles. The fourth-order valence-corrected chi connectivity index (χ4v) is 6.06. The number of anilines is 1. The topological polar surface area (TPSA) is 59.8 Å². The number of piperidine rings is 1. The van der Waals surface area contributed by atoms with E-state index < -0.39 is 0 Å². The van der Waals surface area contributed by atoms with Crippen LogP contribution in [-0.4, -0.2) is 65.5 Å². The van der Waals surface area contributed by atoms with Gasteiger partial charge in [0.1, 0.15) is 0 Å². The van der Waals surface area contributed by atoms with E-state index in [0.717, 1.165) is 36.8 Å². The van der Waals surface area contributed by atoms with Gasteiger partial charge in [0.2, 0.25) is 0 Å². The first kappa shape index (κ1) is 21.8. The first-order valence-electron chi connectivity index (χ1n) is 11.3. The van der Waals surface area contributed by atoms with Crippen LogP contribution in [0.5, 0.6) is 0 Å². The van der Waals surface area contributed by atoms with Gasteiger partial charge < -0.3 is 15.1 Å². The lowest BCUT2D eigenvalue weighted by molar-refractivity contribution is 0.108. The highest BCUT2D eigenvalue weighted by atomic mass is 32.1. The van der Waals surface area contributed by atoms with E-state index >= 15 is 0 Å². The largest absolute Gasteiger partial charge is 0.395 e. The number of aromatic nitrogens is 1. The Bertz CT molecular complexity index is 837. The van der Waals surface area contributed by atoms with Crippen LogP contribution in [-0.2, 0) is 11.8 Å². The molecule has 2 N–H and O–H groups in total. The number of fused-ring (bicyclic) bond motifs is 1. The molecule has 0 radical (unpaired) electrons. The van der Waals surface area contributed by atoms with Gasteiger partial charge in [-0.3, -0.25) is 4.90 Å². The molecule has 0 spiro atoms. The number of benzene rings is 1. The number of thiazole rings is 1. The van der Waals surface area contributed by atoms with E-state index in [1.54, 1.807) is 11.3 Å². The summed E-state index contributed by atoms with van der Waals surface area (Å²) in [6.07, 6.45) is 5.80. The minimum atomic E-state index is 0.147. The Balaban J connectivity index is 1.43. The maximum atomic E-state index is 9.30. The average molecular weight is 430 g/mol. The fourth-order valence-electron chi connectivity index (χ4n) is 5.17. The molecule has 1 saturated heterocycles. The van der Waals surface area contributed by atoms with Gasteiger partial charge in [0.25, 0.3) is 0 Å². The summed E-state index contributed by atoms with van der Waals surface area (Å²) in [4.78, 5) is 9.60. The number of aryl methyl sites for hydroxylation is 1. The van der Waals surface area contributed by atoms with Crippen molar-refractivity contribution < 1.29 is 10.2 Å². The van der Waals surface area contributed by atoms with E-state index in [0.29, 0.717) is 19.1 Å². The zero-order valence-corrected chi connectivity index (χ0v) is 19.1. The molecule has 2 aromatic rings. The predicted octanol–water partition coefficient (Wildman–Crippen LogP) is 3.68. The Hall–Kier alpha value is -1.47. The second-order valence-corrected chi connectivity index (χ2v) is 10.2. The van der Waals surface area contributed by atoms with Crippen LogP contribution in [0.3, 0.4) is 0 Å². The van der Waals surface area contributed by atoms with Crippen molar-refractivity contribution in [1.29, 1.82) is 0 Å². The van der Waals surface area contributed by atoms with Crippen LogP contribution in [0.1, 0.15) is 50.7 Å². The van der Waals surface area contributed by atoms with Gasteiger partial charge in [0.15, 0.2) is 5.13 Å². The van der Waals surface area contributed by atoms with Gasteiger partial charge in [-0.25, -0.2) is 4.98 Å². The molecule has 0 amide bonds. The number of aliphatic hydroxyl groups is 2. The number of nitrogens with zero attached hydrogens (tertiary/aromatic N) is 3. The van der Waals surface area contributed by atoms with Crippen molar-refractivity contribution in [3.8, 4) is 11.3 Å². The highest BCUT2D eigenvalue weighted by Crippen LogP contribution is 2.39. The molecule has 1 aliphatic heterocycles. The molecule has 0 bridgehead atoms. The van der Waals surface area contributed by atoms with Crippen LogP contribution >= 0.6 is 11.3 Å². The smallest absolute Gasteiger partial charge is 0.185 e. The first-order valence-corrected chi connectivity index (χ1v) is 12.2. The van der Waals surface area contributed by atoms with Crippen molar-refractivity contribution in [1.82, 2.24) is 9.88 Å².